The van der Waals surface area contributed by atoms with Crippen LogP contribution < -0.4 is 25.4 Å². The van der Waals surface area contributed by atoms with E-state index < -0.39 is 83.4 Å². The van der Waals surface area contributed by atoms with E-state index in [0.29, 0.717) is 59.7 Å². The van der Waals surface area contributed by atoms with Crippen molar-refractivity contribution in [2.45, 2.75) is 80.4 Å². The number of carbonyl (C=O) groups excluding carboxylic acids is 7. The molecular formula is C60H60IN5O13. The average Bonchev–Trinajstić information content (AvgIpc) is 2.54. The normalized spacial score (nSPS) is 25.8. The summed E-state index contributed by atoms with van der Waals surface area (Å²) in [6.07, 6.45) is 2.07. The summed E-state index contributed by atoms with van der Waals surface area (Å²) in [4.78, 5) is 102. The Morgan fingerprint density at radius 2 is 1.51 bits per heavy atom. The number of esters is 3. The number of aliphatic hydroxyl groups excluding tert-OH is 1. The molecule has 5 aliphatic rings. The van der Waals surface area contributed by atoms with Crippen LogP contribution in [-0.2, 0) is 53.2 Å². The number of amides is 4. The molecule has 410 valence electrons. The highest BCUT2D eigenvalue weighted by Gasteiger charge is 2.74. The fourth-order valence-corrected chi connectivity index (χ4v) is 12.8. The van der Waals surface area contributed by atoms with Crippen molar-refractivity contribution in [3.8, 4) is 11.5 Å². The minimum atomic E-state index is -1.73. The summed E-state index contributed by atoms with van der Waals surface area (Å²) in [5.41, 5.74) is 1.96. The molecule has 5 aromatic carbocycles. The lowest BCUT2D eigenvalue weighted by Gasteiger charge is -2.46. The lowest BCUT2D eigenvalue weighted by Crippen LogP contribution is -2.61. The van der Waals surface area contributed by atoms with Crippen molar-refractivity contribution in [3.63, 3.8) is 0 Å². The van der Waals surface area contributed by atoms with Gasteiger partial charge < -0.3 is 49.6 Å². The van der Waals surface area contributed by atoms with Gasteiger partial charge in [-0.2, -0.15) is 0 Å². The fourth-order valence-electron chi connectivity index (χ4n) is 12.3. The first kappa shape index (κ1) is 54.7. The van der Waals surface area contributed by atoms with E-state index in [1.807, 2.05) is 77.7 Å². The molecule has 5 heterocycles. The average molecular weight is 1190 g/mol. The molecule has 79 heavy (non-hydrogen) atoms. The Kier molecular flexibility index (Phi) is 16.5. The van der Waals surface area contributed by atoms with Gasteiger partial charge in [-0.05, 0) is 119 Å². The largest absolute Gasteiger partial charge is 0.491 e. The van der Waals surface area contributed by atoms with Crippen molar-refractivity contribution in [2.24, 2.45) is 11.8 Å². The molecule has 0 aliphatic carbocycles. The number of cyclic esters (lactones) is 1. The fraction of sp³-hybridized carbons (Fsp3) is 0.350. The van der Waals surface area contributed by atoms with Gasteiger partial charge in [-0.15, -0.1) is 0 Å². The maximum atomic E-state index is 15.3. The van der Waals surface area contributed by atoms with Crippen molar-refractivity contribution < 1.29 is 62.4 Å². The number of piperazine rings is 1. The number of morpholine rings is 1. The van der Waals surface area contributed by atoms with Crippen LogP contribution in [0.15, 0.2) is 140 Å². The zero-order valence-corrected chi connectivity index (χ0v) is 45.5. The van der Waals surface area contributed by atoms with Gasteiger partial charge in [0, 0.05) is 22.7 Å². The molecule has 0 unspecified atom stereocenters. The molecule has 0 bridgehead atoms. The summed E-state index contributed by atoms with van der Waals surface area (Å²) < 4.78 is 30.9. The van der Waals surface area contributed by atoms with E-state index in [2.05, 4.69) is 45.1 Å². The van der Waals surface area contributed by atoms with Gasteiger partial charge in [0.25, 0.3) is 0 Å². The third-order valence-corrected chi connectivity index (χ3v) is 16.2. The van der Waals surface area contributed by atoms with E-state index >= 15 is 4.79 Å². The lowest BCUT2D eigenvalue weighted by molar-refractivity contribution is -0.180. The van der Waals surface area contributed by atoms with Crippen LogP contribution in [0, 0.1) is 15.4 Å². The molecule has 4 saturated heterocycles. The predicted octanol–water partition coefficient (Wildman–Crippen LogP) is 6.35. The van der Waals surface area contributed by atoms with Crippen LogP contribution in [-0.4, -0.2) is 114 Å². The molecule has 0 radical (unpaired) electrons. The molecule has 5 aliphatic heterocycles. The van der Waals surface area contributed by atoms with Gasteiger partial charge in [0.2, 0.25) is 23.6 Å². The molecule has 19 heteroatoms. The minimum Gasteiger partial charge on any atom is -0.491 e. The van der Waals surface area contributed by atoms with E-state index in [-0.39, 0.29) is 57.2 Å². The van der Waals surface area contributed by atoms with Crippen LogP contribution >= 0.6 is 22.6 Å². The number of rotatable bonds is 20. The second kappa shape index (κ2) is 23.8. The maximum absolute atomic E-state index is 15.3. The summed E-state index contributed by atoms with van der Waals surface area (Å²) in [6, 6.07) is 32.7. The number of nitrogens with one attached hydrogen (secondary N) is 3. The summed E-state index contributed by atoms with van der Waals surface area (Å²) in [7, 11) is 0. The smallest absolute Gasteiger partial charge is 0.325 e. The molecule has 4 amide bonds. The van der Waals surface area contributed by atoms with E-state index in [4.69, 9.17) is 23.7 Å². The quantitative estimate of drug-likeness (QED) is 0.0219. The first-order valence-corrected chi connectivity index (χ1v) is 27.5. The molecule has 18 nitrogen and oxygen atoms in total. The highest BCUT2D eigenvalue weighted by molar-refractivity contribution is 14.1. The maximum Gasteiger partial charge on any atom is 0.325 e. The molecule has 1 spiro atoms. The summed E-state index contributed by atoms with van der Waals surface area (Å²) in [5, 5.41) is 18.1. The monoisotopic (exact) mass is 1190 g/mol. The second-order valence-corrected chi connectivity index (χ2v) is 21.4. The molecule has 10 rings (SSSR count). The highest BCUT2D eigenvalue weighted by atomic mass is 127. The first-order valence-electron chi connectivity index (χ1n) is 26.4. The van der Waals surface area contributed by atoms with Crippen molar-refractivity contribution in [1.82, 2.24) is 20.4 Å². The van der Waals surface area contributed by atoms with Crippen LogP contribution in [0.25, 0.3) is 0 Å². The Bertz CT molecular complexity index is 3130. The van der Waals surface area contributed by atoms with Crippen molar-refractivity contribution >= 4 is 69.8 Å². The number of hydrogen-bond acceptors (Lipinski definition) is 14. The van der Waals surface area contributed by atoms with Gasteiger partial charge in [-0.3, -0.25) is 38.5 Å². The Morgan fingerprint density at radius 3 is 2.23 bits per heavy atom. The number of ether oxygens (including phenoxy) is 5. The Labute approximate surface area is 470 Å². The molecule has 0 aromatic heterocycles. The summed E-state index contributed by atoms with van der Waals surface area (Å²) >= 11 is 2.18. The van der Waals surface area contributed by atoms with Crippen LogP contribution in [0.2, 0.25) is 0 Å². The lowest BCUT2D eigenvalue weighted by atomic mass is 9.65. The molecular weight excluding hydrogens is 1130 g/mol. The molecule has 10 atom stereocenters. The van der Waals surface area contributed by atoms with Gasteiger partial charge in [-0.1, -0.05) is 97.6 Å². The van der Waals surface area contributed by atoms with Gasteiger partial charge in [0.15, 0.2) is 0 Å². The third kappa shape index (κ3) is 10.6. The molecule has 5 aromatic rings. The predicted molar refractivity (Wildman–Crippen MR) is 295 cm³/mol. The second-order valence-electron chi connectivity index (χ2n) is 20.1. The number of carbonyl (C=O) groups is 7. The Morgan fingerprint density at radius 1 is 0.785 bits per heavy atom. The first-order chi connectivity index (χ1) is 38.3. The van der Waals surface area contributed by atoms with Crippen LogP contribution in [0.5, 0.6) is 11.5 Å². The number of aliphatic hydroxyl groups is 1. The molecule has 4 fully saturated rings. The minimum absolute atomic E-state index is 0.00430. The number of anilines is 1. The van der Waals surface area contributed by atoms with E-state index in [1.54, 1.807) is 54.6 Å². The van der Waals surface area contributed by atoms with Crippen molar-refractivity contribution in [2.75, 3.05) is 44.9 Å². The Hall–Kier alpha value is -7.62. The van der Waals surface area contributed by atoms with E-state index in [1.165, 1.54) is 17.9 Å². The van der Waals surface area contributed by atoms with Gasteiger partial charge in [0.1, 0.15) is 73.5 Å². The van der Waals surface area contributed by atoms with E-state index in [9.17, 15) is 33.9 Å². The van der Waals surface area contributed by atoms with Crippen molar-refractivity contribution in [1.29, 1.82) is 0 Å². The molecule has 4 N–H and O–H groups in total. The summed E-state index contributed by atoms with van der Waals surface area (Å²) in [6.45, 7) is 4.96. The van der Waals surface area contributed by atoms with Crippen LogP contribution in [0.4, 0.5) is 5.69 Å². The van der Waals surface area contributed by atoms with Crippen LogP contribution in [0.1, 0.15) is 84.7 Å². The summed E-state index contributed by atoms with van der Waals surface area (Å²) in [5.74, 6) is -4.97. The number of fused-ring (bicyclic) bond motifs is 4. The van der Waals surface area contributed by atoms with Crippen molar-refractivity contribution in [3.05, 3.63) is 171 Å². The Balaban J connectivity index is 0.932. The number of hydrogen-bond donors (Lipinski definition) is 4. The van der Waals surface area contributed by atoms with E-state index in [0.717, 1.165) is 14.7 Å². The van der Waals surface area contributed by atoms with Crippen LogP contribution in [0.3, 0.4) is 0 Å². The number of benzene rings is 5. The van der Waals surface area contributed by atoms with Gasteiger partial charge in [0.05, 0.1) is 30.7 Å². The number of halogens is 1. The third-order valence-electron chi connectivity index (χ3n) is 15.5. The van der Waals surface area contributed by atoms with Gasteiger partial charge in [-0.25, -0.2) is 0 Å². The number of nitrogens with zero attached hydrogens (tertiary/aromatic N) is 2. The zero-order valence-electron chi connectivity index (χ0n) is 43.3. The topological polar surface area (TPSA) is 228 Å². The standard InChI is InChI=1S/C60H60IN5O13/c1-3-28-77-57(72)48-51-58(73)79-52(37-15-8-5-9-16-37)50(36-13-6-4-7-14-36)66(51)53(60(48)44-33-40(61)22-25-45(44)64-59(60)74)38-20-23-41(24-21-38)76-30-31-78-56(71)43-34-47-54(69)63-46(19-10-11-26-62-35(2)68)55(70)65(47)49(43)39-17-12-18-42(32-39)75-29-27-67/h3-9,12-18,20-25,32-33,43,46-53,67H,1,10-11,19,26-31,34H2,2H3,(H,62,68)(H,63,69)(H,64,74)/t43-,46-,47-,48+,49-,50+,51+,52-,53-,60+/m0/s1. The zero-order chi connectivity index (χ0) is 55.4. The number of unbranched alkanes of at least 4 members (excludes halogenated alkanes) is 1. The highest BCUT2D eigenvalue weighted by Crippen LogP contribution is 2.65. The SMILES string of the molecule is C=CCOC(=O)[C@H]1[C@@H]2C(=O)O[C@@H](c3ccccc3)[C@@H](c3ccccc3)N2[C@@H](c2ccc(OCCOC(=O)[C@H]3C[C@H]4C(=O)N[C@@H](CCCCNC(C)=O)C(=O)N4[C@H]3c3cccc(OCCO)c3)cc2)[C@]12C(=O)Nc1ccc(I)cc12. The molecule has 0 saturated carbocycles. The van der Waals surface area contributed by atoms with Gasteiger partial charge >= 0.3 is 17.9 Å².